The normalized spacial score (nSPS) is 12.6. The van der Waals surface area contributed by atoms with E-state index in [9.17, 15) is 4.79 Å². The zero-order valence-electron chi connectivity index (χ0n) is 10.8. The van der Waals surface area contributed by atoms with Crippen molar-refractivity contribution in [1.82, 2.24) is 10.3 Å². The van der Waals surface area contributed by atoms with Crippen LogP contribution in [0, 0.1) is 0 Å². The zero-order chi connectivity index (χ0) is 13.0. The second-order valence-corrected chi connectivity index (χ2v) is 4.36. The first-order valence-electron chi connectivity index (χ1n) is 6.29. The summed E-state index contributed by atoms with van der Waals surface area (Å²) in [6, 6.07) is 11.9. The fraction of sp³-hybridized carbons (Fsp3) is 0.333. The Bertz CT molecular complexity index is 551. The zero-order valence-corrected chi connectivity index (χ0v) is 10.8. The first-order chi connectivity index (χ1) is 8.74. The topological polar surface area (TPSA) is 42.0 Å². The van der Waals surface area contributed by atoms with E-state index >= 15 is 0 Å². The van der Waals surface area contributed by atoms with Gasteiger partial charge in [-0.2, -0.15) is 0 Å². The van der Waals surface area contributed by atoms with E-state index < -0.39 is 0 Å². The molecule has 18 heavy (non-hydrogen) atoms. The third-order valence-electron chi connectivity index (χ3n) is 3.15. The van der Waals surface area contributed by atoms with Gasteiger partial charge in [0.05, 0.1) is 11.6 Å². The largest absolute Gasteiger partial charge is 0.310 e. The number of fused-ring (bicyclic) bond motifs is 1. The summed E-state index contributed by atoms with van der Waals surface area (Å²) < 4.78 is 0. The summed E-state index contributed by atoms with van der Waals surface area (Å²) in [5.74, 6) is 0.229. The molecule has 0 aliphatic carbocycles. The maximum absolute atomic E-state index is 11.7. The van der Waals surface area contributed by atoms with E-state index in [4.69, 9.17) is 0 Å². The summed E-state index contributed by atoms with van der Waals surface area (Å²) in [4.78, 5) is 16.3. The van der Waals surface area contributed by atoms with Gasteiger partial charge in [0.25, 0.3) is 0 Å². The summed E-state index contributed by atoms with van der Waals surface area (Å²) in [5, 5.41) is 4.19. The van der Waals surface area contributed by atoms with Crippen LogP contribution in [0.1, 0.15) is 19.0 Å². The Balaban J connectivity index is 2.23. The number of hydrogen-bond acceptors (Lipinski definition) is 3. The Morgan fingerprint density at radius 2 is 2.06 bits per heavy atom. The molecule has 2 rings (SSSR count). The van der Waals surface area contributed by atoms with Gasteiger partial charge in [0.1, 0.15) is 5.78 Å². The van der Waals surface area contributed by atoms with Crippen molar-refractivity contribution in [3.8, 4) is 0 Å². The highest BCUT2D eigenvalue weighted by Gasteiger charge is 2.15. The molecule has 2 aromatic rings. The van der Waals surface area contributed by atoms with Crippen LogP contribution in [0.5, 0.6) is 0 Å². The standard InChI is InChI=1S/C15H18N2O/c1-3-15(18)14(16-2)10-12-9-8-11-6-4-5-7-13(11)17-12/h4-9,14,16H,3,10H2,1-2H3. The number of hydrogen-bond donors (Lipinski definition) is 1. The number of nitrogens with one attached hydrogen (secondary N) is 1. The molecular weight excluding hydrogens is 224 g/mol. The number of likely N-dealkylation sites (N-methyl/N-ethyl adjacent to an activating group) is 1. The van der Waals surface area contributed by atoms with Crippen LogP contribution in [0.15, 0.2) is 36.4 Å². The van der Waals surface area contributed by atoms with Gasteiger partial charge in [-0.1, -0.05) is 31.2 Å². The molecule has 1 aromatic carbocycles. The lowest BCUT2D eigenvalue weighted by Crippen LogP contribution is -2.35. The molecule has 0 radical (unpaired) electrons. The van der Waals surface area contributed by atoms with E-state index in [0.29, 0.717) is 12.8 Å². The summed E-state index contributed by atoms with van der Waals surface area (Å²) in [6.07, 6.45) is 1.20. The molecule has 1 atom stereocenters. The van der Waals surface area contributed by atoms with E-state index in [1.807, 2.05) is 44.3 Å². The van der Waals surface area contributed by atoms with Gasteiger partial charge in [-0.3, -0.25) is 9.78 Å². The van der Waals surface area contributed by atoms with Crippen molar-refractivity contribution in [2.45, 2.75) is 25.8 Å². The molecule has 1 heterocycles. The Kier molecular flexibility index (Phi) is 4.05. The van der Waals surface area contributed by atoms with E-state index in [2.05, 4.69) is 16.4 Å². The lowest BCUT2D eigenvalue weighted by atomic mass is 10.0. The highest BCUT2D eigenvalue weighted by molar-refractivity contribution is 5.84. The van der Waals surface area contributed by atoms with Gasteiger partial charge in [0.15, 0.2) is 0 Å². The average molecular weight is 242 g/mol. The number of carbonyl (C=O) groups is 1. The van der Waals surface area contributed by atoms with Gasteiger partial charge >= 0.3 is 0 Å². The minimum atomic E-state index is -0.135. The molecule has 0 saturated heterocycles. The van der Waals surface area contributed by atoms with Gasteiger partial charge in [0.2, 0.25) is 0 Å². The number of carbonyl (C=O) groups excluding carboxylic acids is 1. The Morgan fingerprint density at radius 3 is 2.78 bits per heavy atom. The highest BCUT2D eigenvalue weighted by Crippen LogP contribution is 2.13. The molecule has 1 N–H and O–H groups in total. The maximum Gasteiger partial charge on any atom is 0.149 e. The monoisotopic (exact) mass is 242 g/mol. The van der Waals surface area contributed by atoms with Gasteiger partial charge in [0, 0.05) is 23.9 Å². The number of benzene rings is 1. The van der Waals surface area contributed by atoms with Crippen molar-refractivity contribution in [2.75, 3.05) is 7.05 Å². The average Bonchev–Trinajstić information content (AvgIpc) is 2.43. The second kappa shape index (κ2) is 5.74. The molecule has 0 aliphatic heterocycles. The number of rotatable bonds is 5. The summed E-state index contributed by atoms with van der Waals surface area (Å²) in [6.45, 7) is 1.89. The molecule has 3 nitrogen and oxygen atoms in total. The van der Waals surface area contributed by atoms with Crippen LogP contribution in [-0.2, 0) is 11.2 Å². The third-order valence-corrected chi connectivity index (χ3v) is 3.15. The molecule has 0 saturated carbocycles. The molecule has 0 bridgehead atoms. The van der Waals surface area contributed by atoms with Crippen LogP contribution < -0.4 is 5.32 Å². The van der Waals surface area contributed by atoms with E-state index in [-0.39, 0.29) is 11.8 Å². The van der Waals surface area contributed by atoms with Crippen molar-refractivity contribution < 1.29 is 4.79 Å². The minimum absolute atomic E-state index is 0.135. The van der Waals surface area contributed by atoms with Gasteiger partial charge in [-0.25, -0.2) is 0 Å². The predicted molar refractivity (Wildman–Crippen MR) is 73.6 cm³/mol. The Morgan fingerprint density at radius 1 is 1.28 bits per heavy atom. The molecule has 94 valence electrons. The molecule has 3 heteroatoms. The number of para-hydroxylation sites is 1. The second-order valence-electron chi connectivity index (χ2n) is 4.36. The summed E-state index contributed by atoms with van der Waals surface area (Å²) in [5.41, 5.74) is 1.93. The molecular formula is C15H18N2O. The smallest absolute Gasteiger partial charge is 0.149 e. The quantitative estimate of drug-likeness (QED) is 0.875. The third kappa shape index (κ3) is 2.74. The summed E-state index contributed by atoms with van der Waals surface area (Å²) in [7, 11) is 1.82. The number of ketones is 1. The van der Waals surface area contributed by atoms with Crippen LogP contribution in [0.25, 0.3) is 10.9 Å². The number of pyridine rings is 1. The van der Waals surface area contributed by atoms with Crippen LogP contribution >= 0.6 is 0 Å². The number of nitrogens with zero attached hydrogens (tertiary/aromatic N) is 1. The first-order valence-corrected chi connectivity index (χ1v) is 6.29. The summed E-state index contributed by atoms with van der Waals surface area (Å²) >= 11 is 0. The van der Waals surface area contributed by atoms with Crippen molar-refractivity contribution in [3.63, 3.8) is 0 Å². The lowest BCUT2D eigenvalue weighted by Gasteiger charge is -2.13. The van der Waals surface area contributed by atoms with E-state index in [1.165, 1.54) is 0 Å². The maximum atomic E-state index is 11.7. The Hall–Kier alpha value is -1.74. The van der Waals surface area contributed by atoms with Crippen molar-refractivity contribution in [3.05, 3.63) is 42.1 Å². The number of aromatic nitrogens is 1. The molecule has 0 aliphatic rings. The number of Topliss-reactive ketones (excluding diaryl/α,β-unsaturated/α-hetero) is 1. The van der Waals surface area contributed by atoms with Gasteiger partial charge < -0.3 is 5.32 Å². The molecule has 0 spiro atoms. The van der Waals surface area contributed by atoms with E-state index in [1.54, 1.807) is 0 Å². The van der Waals surface area contributed by atoms with Crippen LogP contribution in [0.2, 0.25) is 0 Å². The van der Waals surface area contributed by atoms with Gasteiger partial charge in [-0.15, -0.1) is 0 Å². The predicted octanol–water partition coefficient (Wildman–Crippen LogP) is 2.34. The fourth-order valence-electron chi connectivity index (χ4n) is 2.05. The minimum Gasteiger partial charge on any atom is -0.310 e. The van der Waals surface area contributed by atoms with Crippen LogP contribution in [0.3, 0.4) is 0 Å². The fourth-order valence-corrected chi connectivity index (χ4v) is 2.05. The highest BCUT2D eigenvalue weighted by atomic mass is 16.1. The van der Waals surface area contributed by atoms with Gasteiger partial charge in [-0.05, 0) is 19.2 Å². The van der Waals surface area contributed by atoms with Crippen LogP contribution in [-0.4, -0.2) is 23.9 Å². The van der Waals surface area contributed by atoms with Crippen molar-refractivity contribution >= 4 is 16.7 Å². The van der Waals surface area contributed by atoms with Crippen molar-refractivity contribution in [2.24, 2.45) is 0 Å². The SMILES string of the molecule is CCC(=O)C(Cc1ccc2ccccc2n1)NC. The van der Waals surface area contributed by atoms with Crippen molar-refractivity contribution in [1.29, 1.82) is 0 Å². The molecule has 1 unspecified atom stereocenters. The lowest BCUT2D eigenvalue weighted by molar-refractivity contribution is -0.120. The molecule has 0 fully saturated rings. The first kappa shape index (κ1) is 12.7. The Labute approximate surface area is 107 Å². The van der Waals surface area contributed by atoms with E-state index in [0.717, 1.165) is 16.6 Å². The molecule has 0 amide bonds. The molecule has 1 aromatic heterocycles. The van der Waals surface area contributed by atoms with Crippen LogP contribution in [0.4, 0.5) is 0 Å².